The topological polar surface area (TPSA) is 69.4 Å². The molecule has 0 radical (unpaired) electrons. The molecule has 0 aliphatic carbocycles. The van der Waals surface area contributed by atoms with E-state index in [2.05, 4.69) is 4.74 Å². The number of carbonyl (C=O) groups is 2. The first-order valence-electron chi connectivity index (χ1n) is 4.15. The fourth-order valence-corrected chi connectivity index (χ4v) is 0.741. The van der Waals surface area contributed by atoms with E-state index in [-0.39, 0.29) is 24.6 Å². The lowest BCUT2D eigenvalue weighted by atomic mass is 9.87. The van der Waals surface area contributed by atoms with Crippen LogP contribution in [0, 0.1) is 5.41 Å². The van der Waals surface area contributed by atoms with Crippen molar-refractivity contribution in [3.63, 3.8) is 0 Å². The van der Waals surface area contributed by atoms with Gasteiger partial charge in [0, 0.05) is 11.8 Å². The lowest BCUT2D eigenvalue weighted by Crippen LogP contribution is -2.36. The van der Waals surface area contributed by atoms with Crippen LogP contribution in [-0.2, 0) is 14.3 Å². The number of Topliss-reactive ketones (excluding diaryl/α,β-unsaturated/α-hetero) is 1. The summed E-state index contributed by atoms with van der Waals surface area (Å²) in [6, 6.07) is -0.836. The molecule has 0 saturated carbocycles. The second kappa shape index (κ2) is 5.98. The molecule has 14 heavy (non-hydrogen) atoms. The molecule has 1 unspecified atom stereocenters. The quantitative estimate of drug-likeness (QED) is 0.723. The predicted molar refractivity (Wildman–Crippen MR) is 56.3 cm³/mol. The zero-order chi connectivity index (χ0) is 10.6. The molecule has 0 bridgehead atoms. The second-order valence-corrected chi connectivity index (χ2v) is 4.01. The van der Waals surface area contributed by atoms with E-state index in [0.29, 0.717) is 0 Å². The van der Waals surface area contributed by atoms with Crippen LogP contribution in [0.5, 0.6) is 0 Å². The zero-order valence-corrected chi connectivity index (χ0v) is 9.81. The van der Waals surface area contributed by atoms with Gasteiger partial charge in [-0.15, -0.1) is 12.4 Å². The number of ether oxygens (including phenoxy) is 1. The minimum atomic E-state index is -0.836. The Morgan fingerprint density at radius 3 is 2.07 bits per heavy atom. The van der Waals surface area contributed by atoms with Crippen LogP contribution < -0.4 is 5.73 Å². The van der Waals surface area contributed by atoms with Gasteiger partial charge in [-0.1, -0.05) is 20.8 Å². The third-order valence-corrected chi connectivity index (χ3v) is 1.75. The predicted octanol–water partition coefficient (Wildman–Crippen LogP) is 0.914. The van der Waals surface area contributed by atoms with Crippen LogP contribution in [0.2, 0.25) is 0 Å². The van der Waals surface area contributed by atoms with Crippen molar-refractivity contribution in [3.8, 4) is 0 Å². The maximum atomic E-state index is 11.4. The third-order valence-electron chi connectivity index (χ3n) is 1.75. The molecule has 0 saturated heterocycles. The lowest BCUT2D eigenvalue weighted by molar-refractivity contribution is -0.144. The molecule has 0 spiro atoms. The molecular formula is C9H18ClNO3. The molecule has 84 valence electrons. The highest BCUT2D eigenvalue weighted by atomic mass is 35.5. The van der Waals surface area contributed by atoms with Crippen LogP contribution in [0.25, 0.3) is 0 Å². The summed E-state index contributed by atoms with van der Waals surface area (Å²) in [6.07, 6.45) is 0.0379. The zero-order valence-electron chi connectivity index (χ0n) is 8.99. The van der Waals surface area contributed by atoms with E-state index in [1.807, 2.05) is 0 Å². The second-order valence-electron chi connectivity index (χ2n) is 4.01. The Morgan fingerprint density at radius 1 is 1.36 bits per heavy atom. The summed E-state index contributed by atoms with van der Waals surface area (Å²) in [4.78, 5) is 22.3. The van der Waals surface area contributed by atoms with Gasteiger partial charge >= 0.3 is 5.97 Å². The highest BCUT2D eigenvalue weighted by molar-refractivity contribution is 5.89. The van der Waals surface area contributed by atoms with Crippen LogP contribution in [0.1, 0.15) is 27.2 Å². The molecule has 0 fully saturated rings. The fourth-order valence-electron chi connectivity index (χ4n) is 0.741. The van der Waals surface area contributed by atoms with E-state index in [1.165, 1.54) is 7.11 Å². The first-order chi connectivity index (χ1) is 5.79. The number of carbonyl (C=O) groups excluding carboxylic acids is 2. The average Bonchev–Trinajstić information content (AvgIpc) is 2.01. The summed E-state index contributed by atoms with van der Waals surface area (Å²) in [5.41, 5.74) is 4.98. The summed E-state index contributed by atoms with van der Waals surface area (Å²) < 4.78 is 4.41. The van der Waals surface area contributed by atoms with Gasteiger partial charge < -0.3 is 10.5 Å². The SMILES string of the molecule is COC(=O)C(N)CC(=O)C(C)(C)C.Cl. The lowest BCUT2D eigenvalue weighted by Gasteiger charge is -2.18. The third kappa shape index (κ3) is 5.19. The van der Waals surface area contributed by atoms with Crippen molar-refractivity contribution in [3.05, 3.63) is 0 Å². The maximum absolute atomic E-state index is 11.4. The number of hydrogen-bond acceptors (Lipinski definition) is 4. The van der Waals surface area contributed by atoms with Crippen LogP contribution in [0.3, 0.4) is 0 Å². The number of hydrogen-bond donors (Lipinski definition) is 1. The van der Waals surface area contributed by atoms with Crippen molar-refractivity contribution in [2.45, 2.75) is 33.2 Å². The summed E-state index contributed by atoms with van der Waals surface area (Å²) in [7, 11) is 1.25. The van der Waals surface area contributed by atoms with E-state index in [9.17, 15) is 9.59 Å². The molecule has 0 amide bonds. The van der Waals surface area contributed by atoms with Crippen LogP contribution in [0.4, 0.5) is 0 Å². The Morgan fingerprint density at radius 2 is 1.79 bits per heavy atom. The van der Waals surface area contributed by atoms with Crippen molar-refractivity contribution in [1.82, 2.24) is 0 Å². The van der Waals surface area contributed by atoms with E-state index in [0.717, 1.165) is 0 Å². The Balaban J connectivity index is 0. The molecule has 0 aromatic heterocycles. The van der Waals surface area contributed by atoms with Crippen molar-refractivity contribution < 1.29 is 14.3 Å². The van der Waals surface area contributed by atoms with Crippen LogP contribution >= 0.6 is 12.4 Å². The van der Waals surface area contributed by atoms with Crippen molar-refractivity contribution in [2.75, 3.05) is 7.11 Å². The Kier molecular flexibility index (Phi) is 6.77. The molecule has 5 heteroatoms. The summed E-state index contributed by atoms with van der Waals surface area (Å²) in [5.74, 6) is -0.581. The van der Waals surface area contributed by atoms with E-state index >= 15 is 0 Å². The van der Waals surface area contributed by atoms with Gasteiger partial charge in [-0.2, -0.15) is 0 Å². The molecular weight excluding hydrogens is 206 g/mol. The molecule has 0 aliphatic rings. The Labute approximate surface area is 90.6 Å². The van der Waals surface area contributed by atoms with Gasteiger partial charge in [0.2, 0.25) is 0 Å². The smallest absolute Gasteiger partial charge is 0.323 e. The Hall–Kier alpha value is -0.610. The monoisotopic (exact) mass is 223 g/mol. The molecule has 0 aliphatic heterocycles. The summed E-state index contributed by atoms with van der Waals surface area (Å²) in [6.45, 7) is 5.37. The largest absolute Gasteiger partial charge is 0.468 e. The first-order valence-corrected chi connectivity index (χ1v) is 4.15. The van der Waals surface area contributed by atoms with Crippen molar-refractivity contribution in [2.24, 2.45) is 11.1 Å². The molecule has 1 atom stereocenters. The van der Waals surface area contributed by atoms with Crippen LogP contribution in [-0.4, -0.2) is 24.9 Å². The molecule has 0 aromatic carbocycles. The van der Waals surface area contributed by atoms with Gasteiger partial charge in [0.25, 0.3) is 0 Å². The normalized spacial score (nSPS) is 12.6. The van der Waals surface area contributed by atoms with Crippen molar-refractivity contribution in [1.29, 1.82) is 0 Å². The number of esters is 1. The number of nitrogens with two attached hydrogens (primary N) is 1. The van der Waals surface area contributed by atoms with Crippen LogP contribution in [0.15, 0.2) is 0 Å². The molecule has 0 aromatic rings. The van der Waals surface area contributed by atoms with Crippen molar-refractivity contribution >= 4 is 24.2 Å². The number of methoxy groups -OCH3 is 1. The molecule has 2 N–H and O–H groups in total. The number of halogens is 1. The highest BCUT2D eigenvalue weighted by Crippen LogP contribution is 2.17. The fraction of sp³-hybridized carbons (Fsp3) is 0.778. The van der Waals surface area contributed by atoms with Gasteiger partial charge in [-0.25, -0.2) is 0 Å². The van der Waals surface area contributed by atoms with Gasteiger partial charge in [0.1, 0.15) is 11.8 Å². The molecule has 4 nitrogen and oxygen atoms in total. The van der Waals surface area contributed by atoms with E-state index < -0.39 is 17.4 Å². The van der Waals surface area contributed by atoms with Gasteiger partial charge in [-0.05, 0) is 0 Å². The Bertz CT molecular complexity index is 211. The summed E-state index contributed by atoms with van der Waals surface area (Å²) >= 11 is 0. The average molecular weight is 224 g/mol. The van der Waals surface area contributed by atoms with Gasteiger partial charge in [0.05, 0.1) is 7.11 Å². The minimum Gasteiger partial charge on any atom is -0.468 e. The standard InChI is InChI=1S/C9H17NO3.ClH/c1-9(2,3)7(11)5-6(10)8(12)13-4;/h6H,5,10H2,1-4H3;1H. The molecule has 0 rings (SSSR count). The van der Waals surface area contributed by atoms with E-state index in [4.69, 9.17) is 5.73 Å². The van der Waals surface area contributed by atoms with Gasteiger partial charge in [-0.3, -0.25) is 9.59 Å². The number of ketones is 1. The maximum Gasteiger partial charge on any atom is 0.323 e. The summed E-state index contributed by atoms with van der Waals surface area (Å²) in [5, 5.41) is 0. The minimum absolute atomic E-state index is 0. The highest BCUT2D eigenvalue weighted by Gasteiger charge is 2.26. The number of rotatable bonds is 3. The van der Waals surface area contributed by atoms with E-state index in [1.54, 1.807) is 20.8 Å². The molecule has 0 heterocycles. The first kappa shape index (κ1) is 15.8. The van der Waals surface area contributed by atoms with Gasteiger partial charge in [0.15, 0.2) is 0 Å².